The molecule has 2 N–H and O–H groups in total. The Morgan fingerprint density at radius 2 is 2.08 bits per heavy atom. The minimum absolute atomic E-state index is 0.381. The molecule has 13 heavy (non-hydrogen) atoms. The maximum Gasteiger partial charge on any atom is 0.130 e. The van der Waals surface area contributed by atoms with Gasteiger partial charge in [-0.05, 0) is 31.0 Å². The molecule has 0 aliphatic rings. The fourth-order valence-electron chi connectivity index (χ4n) is 1.08. The van der Waals surface area contributed by atoms with Gasteiger partial charge in [0.05, 0.1) is 0 Å². The van der Waals surface area contributed by atoms with Crippen LogP contribution in [-0.2, 0) is 12.2 Å². The van der Waals surface area contributed by atoms with Crippen molar-refractivity contribution >= 4 is 11.6 Å². The third-order valence-corrected chi connectivity index (χ3v) is 2.31. The van der Waals surface area contributed by atoms with Crippen LogP contribution in [0.2, 0.25) is 5.02 Å². The van der Waals surface area contributed by atoms with E-state index in [2.05, 4.69) is 0 Å². The second-order valence-corrected chi connectivity index (χ2v) is 3.89. The van der Waals surface area contributed by atoms with Crippen molar-refractivity contribution in [3.05, 3.63) is 34.3 Å². The molecule has 0 bridgehead atoms. The molecule has 0 saturated heterocycles. The molecule has 0 amide bonds. The van der Waals surface area contributed by atoms with Crippen molar-refractivity contribution in [3.63, 3.8) is 0 Å². The average molecular weight is 202 g/mol. The maximum atomic E-state index is 13.4. The summed E-state index contributed by atoms with van der Waals surface area (Å²) in [4.78, 5) is 0. The van der Waals surface area contributed by atoms with Crippen molar-refractivity contribution in [2.24, 2.45) is 5.73 Å². The van der Waals surface area contributed by atoms with Gasteiger partial charge in [-0.1, -0.05) is 23.7 Å². The predicted octanol–water partition coefficient (Wildman–Crippen LogP) is 3.00. The first-order valence-corrected chi connectivity index (χ1v) is 4.51. The van der Waals surface area contributed by atoms with Crippen LogP contribution in [0.15, 0.2) is 18.2 Å². The largest absolute Gasteiger partial charge is 0.326 e. The van der Waals surface area contributed by atoms with Crippen molar-refractivity contribution in [3.8, 4) is 0 Å². The van der Waals surface area contributed by atoms with Crippen LogP contribution in [0.5, 0.6) is 0 Å². The Morgan fingerprint density at radius 3 is 2.46 bits per heavy atom. The first kappa shape index (κ1) is 10.5. The highest BCUT2D eigenvalue weighted by Crippen LogP contribution is 2.28. The van der Waals surface area contributed by atoms with Crippen molar-refractivity contribution in [2.75, 3.05) is 0 Å². The van der Waals surface area contributed by atoms with E-state index in [4.69, 9.17) is 17.3 Å². The Balaban J connectivity index is 3.10. The topological polar surface area (TPSA) is 26.0 Å². The van der Waals surface area contributed by atoms with Crippen LogP contribution in [0, 0.1) is 0 Å². The molecule has 0 atom stereocenters. The number of hydrogen-bond donors (Lipinski definition) is 1. The molecule has 0 fully saturated rings. The van der Waals surface area contributed by atoms with Gasteiger partial charge < -0.3 is 5.73 Å². The van der Waals surface area contributed by atoms with Crippen LogP contribution in [-0.4, -0.2) is 0 Å². The number of alkyl halides is 1. The predicted molar refractivity (Wildman–Crippen MR) is 53.5 cm³/mol. The third-order valence-electron chi connectivity index (χ3n) is 1.96. The summed E-state index contributed by atoms with van der Waals surface area (Å²) >= 11 is 5.89. The van der Waals surface area contributed by atoms with Crippen LogP contribution in [0.3, 0.4) is 0 Å². The number of nitrogens with two attached hydrogens (primary N) is 1. The first-order valence-electron chi connectivity index (χ1n) is 4.13. The molecule has 0 spiro atoms. The van der Waals surface area contributed by atoms with Gasteiger partial charge in [0.15, 0.2) is 0 Å². The molecule has 0 heterocycles. The molecular weight excluding hydrogens is 189 g/mol. The van der Waals surface area contributed by atoms with E-state index < -0.39 is 5.67 Å². The summed E-state index contributed by atoms with van der Waals surface area (Å²) in [7, 11) is 0. The fraction of sp³-hybridized carbons (Fsp3) is 0.400. The second kappa shape index (κ2) is 3.64. The van der Waals surface area contributed by atoms with E-state index >= 15 is 0 Å². The van der Waals surface area contributed by atoms with Gasteiger partial charge in [0.2, 0.25) is 0 Å². The van der Waals surface area contributed by atoms with Crippen LogP contribution in [0.1, 0.15) is 25.0 Å². The molecule has 0 aliphatic carbocycles. The van der Waals surface area contributed by atoms with Crippen molar-refractivity contribution in [1.82, 2.24) is 0 Å². The van der Waals surface area contributed by atoms with Crippen LogP contribution < -0.4 is 5.73 Å². The third kappa shape index (κ3) is 2.42. The zero-order chi connectivity index (χ0) is 10.1. The average Bonchev–Trinajstić information content (AvgIpc) is 2.02. The fourth-order valence-corrected chi connectivity index (χ4v) is 1.34. The summed E-state index contributed by atoms with van der Waals surface area (Å²) in [6, 6.07) is 5.11. The van der Waals surface area contributed by atoms with E-state index in [1.165, 1.54) is 13.8 Å². The zero-order valence-corrected chi connectivity index (χ0v) is 8.53. The molecule has 1 aromatic carbocycles. The molecule has 0 aromatic heterocycles. The molecule has 1 rings (SSSR count). The lowest BCUT2D eigenvalue weighted by molar-refractivity contribution is 0.221. The van der Waals surface area contributed by atoms with Gasteiger partial charge in [0.25, 0.3) is 0 Å². The lowest BCUT2D eigenvalue weighted by atomic mass is 9.99. The summed E-state index contributed by atoms with van der Waals surface area (Å²) in [5.74, 6) is 0. The highest BCUT2D eigenvalue weighted by Gasteiger charge is 2.19. The van der Waals surface area contributed by atoms with Gasteiger partial charge in [-0.15, -0.1) is 0 Å². The zero-order valence-electron chi connectivity index (χ0n) is 7.77. The van der Waals surface area contributed by atoms with E-state index in [9.17, 15) is 4.39 Å². The van der Waals surface area contributed by atoms with Crippen LogP contribution in [0.4, 0.5) is 4.39 Å². The molecule has 1 aromatic rings. The van der Waals surface area contributed by atoms with Crippen LogP contribution >= 0.6 is 11.6 Å². The maximum absolute atomic E-state index is 13.4. The molecule has 3 heteroatoms. The van der Waals surface area contributed by atoms with Gasteiger partial charge >= 0.3 is 0 Å². The normalized spacial score (nSPS) is 11.8. The molecule has 0 unspecified atom stereocenters. The second-order valence-electron chi connectivity index (χ2n) is 3.48. The van der Waals surface area contributed by atoms with E-state index in [-0.39, 0.29) is 0 Å². The Morgan fingerprint density at radius 1 is 1.46 bits per heavy atom. The monoisotopic (exact) mass is 201 g/mol. The quantitative estimate of drug-likeness (QED) is 0.782. The Bertz CT molecular complexity index is 304. The molecule has 72 valence electrons. The van der Waals surface area contributed by atoms with E-state index in [0.717, 1.165) is 5.56 Å². The van der Waals surface area contributed by atoms with Gasteiger partial charge in [0.1, 0.15) is 5.67 Å². The van der Waals surface area contributed by atoms with Crippen molar-refractivity contribution < 1.29 is 4.39 Å². The molecule has 0 aliphatic heterocycles. The number of halogens is 2. The van der Waals surface area contributed by atoms with E-state index in [1.54, 1.807) is 18.2 Å². The van der Waals surface area contributed by atoms with E-state index in [0.29, 0.717) is 17.1 Å². The first-order chi connectivity index (χ1) is 5.95. The summed E-state index contributed by atoms with van der Waals surface area (Å²) in [6.07, 6.45) is 0. The highest BCUT2D eigenvalue weighted by atomic mass is 35.5. The SMILES string of the molecule is CC(C)(F)c1ccc(CN)c(Cl)c1. The summed E-state index contributed by atoms with van der Waals surface area (Å²) in [6.45, 7) is 3.38. The standard InChI is InChI=1S/C10H13ClFN/c1-10(2,12)8-4-3-7(6-13)9(11)5-8/h3-5H,6,13H2,1-2H3. The highest BCUT2D eigenvalue weighted by molar-refractivity contribution is 6.31. The Kier molecular flexibility index (Phi) is 2.94. The Hall–Kier alpha value is -0.600. The van der Waals surface area contributed by atoms with Gasteiger partial charge in [-0.25, -0.2) is 4.39 Å². The lowest BCUT2D eigenvalue weighted by Gasteiger charge is -2.15. The summed E-state index contributed by atoms with van der Waals surface area (Å²) < 4.78 is 13.4. The van der Waals surface area contributed by atoms with Crippen LogP contribution in [0.25, 0.3) is 0 Å². The minimum atomic E-state index is -1.35. The smallest absolute Gasteiger partial charge is 0.130 e. The van der Waals surface area contributed by atoms with Gasteiger partial charge in [-0.2, -0.15) is 0 Å². The molecule has 1 nitrogen and oxygen atoms in total. The Labute approximate surface area is 82.7 Å². The minimum Gasteiger partial charge on any atom is -0.326 e. The summed E-state index contributed by atoms with van der Waals surface area (Å²) in [5, 5.41) is 0.533. The molecular formula is C10H13ClFN. The van der Waals surface area contributed by atoms with E-state index in [1.807, 2.05) is 0 Å². The summed E-state index contributed by atoms with van der Waals surface area (Å²) in [5.41, 5.74) is 5.50. The number of benzene rings is 1. The van der Waals surface area contributed by atoms with Gasteiger partial charge in [0, 0.05) is 11.6 Å². The number of hydrogen-bond acceptors (Lipinski definition) is 1. The molecule has 0 saturated carbocycles. The molecule has 0 radical (unpaired) electrons. The lowest BCUT2D eigenvalue weighted by Crippen LogP contribution is -2.09. The van der Waals surface area contributed by atoms with Crippen molar-refractivity contribution in [2.45, 2.75) is 26.1 Å². The van der Waals surface area contributed by atoms with Crippen molar-refractivity contribution in [1.29, 1.82) is 0 Å². The van der Waals surface area contributed by atoms with Gasteiger partial charge in [-0.3, -0.25) is 0 Å². The number of rotatable bonds is 2.